The van der Waals surface area contributed by atoms with Crippen LogP contribution in [0, 0.1) is 0 Å². The summed E-state index contributed by atoms with van der Waals surface area (Å²) in [6, 6.07) is 11.9. The summed E-state index contributed by atoms with van der Waals surface area (Å²) in [4.78, 5) is 16.3. The molecule has 0 saturated carbocycles. The molecule has 0 aromatic heterocycles. The van der Waals surface area contributed by atoms with Crippen LogP contribution in [0.1, 0.15) is 36.5 Å². The molecule has 2 aromatic rings. The van der Waals surface area contributed by atoms with Crippen LogP contribution in [0.2, 0.25) is 10.0 Å². The summed E-state index contributed by atoms with van der Waals surface area (Å²) in [6.45, 7) is 2.99. The van der Waals surface area contributed by atoms with E-state index in [0.717, 1.165) is 60.1 Å². The van der Waals surface area contributed by atoms with E-state index in [1.165, 1.54) is 6.42 Å². The average Bonchev–Trinajstić information content (AvgIpc) is 3.20. The lowest BCUT2D eigenvalue weighted by molar-refractivity contribution is -0.117. The van der Waals surface area contributed by atoms with Gasteiger partial charge in [-0.25, -0.2) is 0 Å². The fourth-order valence-electron chi connectivity index (χ4n) is 4.52. The highest BCUT2D eigenvalue weighted by molar-refractivity contribution is 6.35. The molecular weight excluding hydrogens is 395 g/mol. The Balaban J connectivity index is 1.42. The molecule has 2 saturated heterocycles. The summed E-state index contributed by atoms with van der Waals surface area (Å²) < 4.78 is 6.46. The minimum Gasteiger partial charge on any atom is -0.484 e. The molecular formula is C22H22Cl2N2O2. The molecule has 2 heterocycles. The third-order valence-corrected chi connectivity index (χ3v) is 6.66. The number of hydrogen-bond acceptors (Lipinski definition) is 3. The molecule has 6 heteroatoms. The van der Waals surface area contributed by atoms with Crippen LogP contribution in [0.15, 0.2) is 36.4 Å². The van der Waals surface area contributed by atoms with Crippen molar-refractivity contribution in [1.29, 1.82) is 0 Å². The predicted molar refractivity (Wildman–Crippen MR) is 112 cm³/mol. The minimum absolute atomic E-state index is 0.0919. The van der Waals surface area contributed by atoms with Gasteiger partial charge in [0.05, 0.1) is 6.04 Å². The van der Waals surface area contributed by atoms with Crippen LogP contribution in [0.25, 0.3) is 0 Å². The van der Waals surface area contributed by atoms with Crippen molar-refractivity contribution >= 4 is 34.8 Å². The Bertz CT molecular complexity index is 911. The molecule has 0 unspecified atom stereocenters. The number of carbonyl (C=O) groups excluding carboxylic acids is 1. The molecule has 0 bridgehead atoms. The molecule has 1 amide bonds. The SMILES string of the molecule is O=C1CCCN1c1ccc(O[C@H]2c3cc(Cl)cc(Cl)c3C[C@@H]2N2CCC2)cc1. The van der Waals surface area contributed by atoms with E-state index in [4.69, 9.17) is 27.9 Å². The van der Waals surface area contributed by atoms with Gasteiger partial charge >= 0.3 is 0 Å². The minimum atomic E-state index is -0.0919. The van der Waals surface area contributed by atoms with Crippen molar-refractivity contribution in [3.8, 4) is 5.75 Å². The molecule has 0 N–H and O–H groups in total. The fourth-order valence-corrected chi connectivity index (χ4v) is 5.11. The first-order valence-electron chi connectivity index (χ1n) is 9.89. The number of nitrogens with zero attached hydrogens (tertiary/aromatic N) is 2. The Kier molecular flexibility index (Phi) is 4.74. The number of anilines is 1. The zero-order valence-corrected chi connectivity index (χ0v) is 17.0. The maximum Gasteiger partial charge on any atom is 0.227 e. The average molecular weight is 417 g/mol. The van der Waals surface area contributed by atoms with E-state index < -0.39 is 0 Å². The van der Waals surface area contributed by atoms with Crippen molar-refractivity contribution in [1.82, 2.24) is 4.90 Å². The van der Waals surface area contributed by atoms with Gasteiger partial charge in [-0.3, -0.25) is 9.69 Å². The van der Waals surface area contributed by atoms with Gasteiger partial charge in [0.1, 0.15) is 11.9 Å². The maximum absolute atomic E-state index is 12.0. The lowest BCUT2D eigenvalue weighted by Gasteiger charge is -2.39. The standard InChI is InChI=1S/C22H22Cl2N2O2/c23-14-11-18-17(19(24)12-14)13-20(25-8-2-9-25)22(18)28-16-6-4-15(5-7-16)26-10-1-3-21(26)27/h4-7,11-12,20,22H,1-3,8-10,13H2/t20-,22-/m0/s1. The Morgan fingerprint density at radius 1 is 1.00 bits per heavy atom. The van der Waals surface area contributed by atoms with Crippen LogP contribution < -0.4 is 9.64 Å². The van der Waals surface area contributed by atoms with Crippen molar-refractivity contribution in [3.05, 3.63) is 57.6 Å². The van der Waals surface area contributed by atoms with E-state index >= 15 is 0 Å². The fraction of sp³-hybridized carbons (Fsp3) is 0.409. The van der Waals surface area contributed by atoms with Gasteiger partial charge in [0.2, 0.25) is 5.91 Å². The van der Waals surface area contributed by atoms with Crippen molar-refractivity contribution in [2.45, 2.75) is 37.8 Å². The number of ether oxygens (including phenoxy) is 1. The number of amides is 1. The van der Waals surface area contributed by atoms with Crippen LogP contribution in [0.4, 0.5) is 5.69 Å². The molecule has 2 aromatic carbocycles. The normalized spacial score (nSPS) is 24.4. The second kappa shape index (κ2) is 7.25. The van der Waals surface area contributed by atoms with Gasteiger partial charge in [0.15, 0.2) is 0 Å². The number of halogens is 2. The van der Waals surface area contributed by atoms with Crippen molar-refractivity contribution < 1.29 is 9.53 Å². The van der Waals surface area contributed by atoms with Gasteiger partial charge < -0.3 is 9.64 Å². The van der Waals surface area contributed by atoms with E-state index in [1.807, 2.05) is 41.3 Å². The Labute approximate surface area is 175 Å². The third-order valence-electron chi connectivity index (χ3n) is 6.11. The van der Waals surface area contributed by atoms with Crippen LogP contribution in [0.5, 0.6) is 5.75 Å². The van der Waals surface area contributed by atoms with E-state index in [2.05, 4.69) is 4.90 Å². The molecule has 28 heavy (non-hydrogen) atoms. The summed E-state index contributed by atoms with van der Waals surface area (Å²) >= 11 is 12.8. The van der Waals surface area contributed by atoms with E-state index in [9.17, 15) is 4.79 Å². The molecule has 5 rings (SSSR count). The molecule has 2 fully saturated rings. The van der Waals surface area contributed by atoms with Gasteiger partial charge in [0, 0.05) is 34.3 Å². The van der Waals surface area contributed by atoms with Gasteiger partial charge in [-0.05, 0) is 74.3 Å². The molecule has 1 aliphatic carbocycles. The predicted octanol–water partition coefficient (Wildman–Crippen LogP) is 4.87. The van der Waals surface area contributed by atoms with Gasteiger partial charge in [-0.15, -0.1) is 0 Å². The van der Waals surface area contributed by atoms with E-state index in [1.54, 1.807) is 0 Å². The smallest absolute Gasteiger partial charge is 0.227 e. The second-order valence-corrected chi connectivity index (χ2v) is 8.64. The van der Waals surface area contributed by atoms with E-state index in [0.29, 0.717) is 11.4 Å². The number of benzene rings is 2. The molecule has 2 atom stereocenters. The van der Waals surface area contributed by atoms with Gasteiger partial charge in [0.25, 0.3) is 0 Å². The van der Waals surface area contributed by atoms with Crippen LogP contribution in [-0.2, 0) is 11.2 Å². The van der Waals surface area contributed by atoms with Crippen LogP contribution in [-0.4, -0.2) is 36.5 Å². The number of hydrogen-bond donors (Lipinski definition) is 0. The Hall–Kier alpha value is -1.75. The lowest BCUT2D eigenvalue weighted by Crippen LogP contribution is -2.48. The highest BCUT2D eigenvalue weighted by Gasteiger charge is 2.41. The molecule has 2 aliphatic heterocycles. The quantitative estimate of drug-likeness (QED) is 0.712. The van der Waals surface area contributed by atoms with Crippen molar-refractivity contribution in [3.63, 3.8) is 0 Å². The highest BCUT2D eigenvalue weighted by Crippen LogP contribution is 2.43. The van der Waals surface area contributed by atoms with Gasteiger partial charge in [-0.2, -0.15) is 0 Å². The van der Waals surface area contributed by atoms with E-state index in [-0.39, 0.29) is 18.1 Å². The number of fused-ring (bicyclic) bond motifs is 1. The summed E-state index contributed by atoms with van der Waals surface area (Å²) in [7, 11) is 0. The lowest BCUT2D eigenvalue weighted by atomic mass is 10.1. The largest absolute Gasteiger partial charge is 0.484 e. The van der Waals surface area contributed by atoms with Gasteiger partial charge in [-0.1, -0.05) is 23.2 Å². The molecule has 0 spiro atoms. The monoisotopic (exact) mass is 416 g/mol. The number of rotatable bonds is 4. The molecule has 146 valence electrons. The second-order valence-electron chi connectivity index (χ2n) is 7.80. The summed E-state index contributed by atoms with van der Waals surface area (Å²) in [5.74, 6) is 0.996. The number of carbonyl (C=O) groups is 1. The molecule has 0 radical (unpaired) electrons. The summed E-state index contributed by atoms with van der Waals surface area (Å²) in [5, 5.41) is 1.37. The Morgan fingerprint density at radius 3 is 2.43 bits per heavy atom. The van der Waals surface area contributed by atoms with Crippen molar-refractivity contribution in [2.24, 2.45) is 0 Å². The topological polar surface area (TPSA) is 32.8 Å². The first-order valence-corrected chi connectivity index (χ1v) is 10.6. The molecule has 3 aliphatic rings. The Morgan fingerprint density at radius 2 is 1.79 bits per heavy atom. The zero-order chi connectivity index (χ0) is 19.3. The maximum atomic E-state index is 12.0. The summed E-state index contributed by atoms with van der Waals surface area (Å²) in [6.07, 6.45) is 3.58. The third kappa shape index (κ3) is 3.18. The summed E-state index contributed by atoms with van der Waals surface area (Å²) in [5.41, 5.74) is 3.17. The highest BCUT2D eigenvalue weighted by atomic mass is 35.5. The van der Waals surface area contributed by atoms with Crippen molar-refractivity contribution in [2.75, 3.05) is 24.5 Å². The molecule has 4 nitrogen and oxygen atoms in total. The number of likely N-dealkylation sites (tertiary alicyclic amines) is 1. The first kappa shape index (κ1) is 18.3. The zero-order valence-electron chi connectivity index (χ0n) is 15.5. The van der Waals surface area contributed by atoms with Crippen LogP contribution >= 0.6 is 23.2 Å². The first-order chi connectivity index (χ1) is 13.6. The van der Waals surface area contributed by atoms with Crippen LogP contribution in [0.3, 0.4) is 0 Å².